The lowest BCUT2D eigenvalue weighted by molar-refractivity contribution is 0.507. The lowest BCUT2D eigenvalue weighted by Crippen LogP contribution is -2.06. The second-order valence-electron chi connectivity index (χ2n) is 4.36. The molecular formula is C13H16F2N2. The number of hydrogen-bond acceptors (Lipinski definition) is 2. The first-order valence-corrected chi connectivity index (χ1v) is 5.68. The SMILES string of the molecule is CC(C)CCCNc1ccc(C#N)c(F)c1F. The highest BCUT2D eigenvalue weighted by atomic mass is 19.2. The van der Waals surface area contributed by atoms with Gasteiger partial charge in [-0.05, 0) is 30.9 Å². The van der Waals surface area contributed by atoms with Gasteiger partial charge < -0.3 is 5.32 Å². The largest absolute Gasteiger partial charge is 0.383 e. The van der Waals surface area contributed by atoms with Crippen molar-refractivity contribution >= 4 is 5.69 Å². The molecule has 0 aliphatic carbocycles. The maximum atomic E-state index is 13.4. The van der Waals surface area contributed by atoms with Crippen LogP contribution in [-0.4, -0.2) is 6.54 Å². The summed E-state index contributed by atoms with van der Waals surface area (Å²) in [6, 6.07) is 4.28. The highest BCUT2D eigenvalue weighted by Crippen LogP contribution is 2.20. The van der Waals surface area contributed by atoms with E-state index in [2.05, 4.69) is 19.2 Å². The zero-order valence-electron chi connectivity index (χ0n) is 10.1. The fourth-order valence-corrected chi connectivity index (χ4v) is 1.51. The molecule has 17 heavy (non-hydrogen) atoms. The van der Waals surface area contributed by atoms with E-state index in [9.17, 15) is 8.78 Å². The molecule has 0 amide bonds. The molecule has 0 radical (unpaired) electrons. The Labute approximate surface area is 100 Å². The third-order valence-electron chi connectivity index (χ3n) is 2.48. The Balaban J connectivity index is 2.61. The molecule has 0 aromatic heterocycles. The van der Waals surface area contributed by atoms with Crippen molar-refractivity contribution < 1.29 is 8.78 Å². The second kappa shape index (κ2) is 6.19. The molecule has 0 aliphatic rings. The first kappa shape index (κ1) is 13.4. The summed E-state index contributed by atoms with van der Waals surface area (Å²) >= 11 is 0. The van der Waals surface area contributed by atoms with E-state index in [0.717, 1.165) is 12.8 Å². The summed E-state index contributed by atoms with van der Waals surface area (Å²) in [6.45, 7) is 4.82. The van der Waals surface area contributed by atoms with Gasteiger partial charge in [-0.1, -0.05) is 13.8 Å². The molecule has 1 rings (SSSR count). The predicted molar refractivity (Wildman–Crippen MR) is 63.6 cm³/mol. The Kier molecular flexibility index (Phi) is 4.89. The number of halogens is 2. The van der Waals surface area contributed by atoms with Gasteiger partial charge in [0.05, 0.1) is 11.3 Å². The summed E-state index contributed by atoms with van der Waals surface area (Å²) in [5, 5.41) is 11.4. The zero-order valence-corrected chi connectivity index (χ0v) is 10.1. The monoisotopic (exact) mass is 238 g/mol. The van der Waals surface area contributed by atoms with E-state index in [1.807, 2.05) is 0 Å². The molecule has 0 saturated carbocycles. The smallest absolute Gasteiger partial charge is 0.183 e. The van der Waals surface area contributed by atoms with Crippen molar-refractivity contribution in [3.63, 3.8) is 0 Å². The van der Waals surface area contributed by atoms with Crippen molar-refractivity contribution in [3.05, 3.63) is 29.3 Å². The van der Waals surface area contributed by atoms with Crippen LogP contribution in [0.3, 0.4) is 0 Å². The van der Waals surface area contributed by atoms with Crippen molar-refractivity contribution in [2.24, 2.45) is 5.92 Å². The number of nitriles is 1. The minimum Gasteiger partial charge on any atom is -0.383 e. The molecule has 2 nitrogen and oxygen atoms in total. The molecule has 1 aromatic carbocycles. The molecule has 0 atom stereocenters. The molecule has 0 bridgehead atoms. The normalized spacial score (nSPS) is 10.4. The van der Waals surface area contributed by atoms with Crippen molar-refractivity contribution in [2.45, 2.75) is 26.7 Å². The van der Waals surface area contributed by atoms with Crippen LogP contribution in [-0.2, 0) is 0 Å². The average molecular weight is 238 g/mol. The molecule has 1 N–H and O–H groups in total. The molecular weight excluding hydrogens is 222 g/mol. The first-order chi connectivity index (χ1) is 8.06. The lowest BCUT2D eigenvalue weighted by atomic mass is 10.1. The van der Waals surface area contributed by atoms with Crippen molar-refractivity contribution in [1.29, 1.82) is 5.26 Å². The van der Waals surface area contributed by atoms with Gasteiger partial charge in [-0.15, -0.1) is 0 Å². The molecule has 0 unspecified atom stereocenters. The highest BCUT2D eigenvalue weighted by molar-refractivity contribution is 5.49. The summed E-state index contributed by atoms with van der Waals surface area (Å²) in [7, 11) is 0. The van der Waals surface area contributed by atoms with Crippen LogP contribution in [0.5, 0.6) is 0 Å². The van der Waals surface area contributed by atoms with Crippen LogP contribution in [0.25, 0.3) is 0 Å². The molecule has 1 aromatic rings. The molecule has 0 saturated heterocycles. The molecule has 0 heterocycles. The highest BCUT2D eigenvalue weighted by Gasteiger charge is 2.12. The number of nitrogens with zero attached hydrogens (tertiary/aromatic N) is 1. The Bertz CT molecular complexity index is 422. The summed E-state index contributed by atoms with van der Waals surface area (Å²) in [5.74, 6) is -1.46. The van der Waals surface area contributed by atoms with Gasteiger partial charge in [-0.2, -0.15) is 5.26 Å². The fraction of sp³-hybridized carbons (Fsp3) is 0.462. The summed E-state index contributed by atoms with van der Waals surface area (Å²) in [4.78, 5) is 0. The number of rotatable bonds is 5. The van der Waals surface area contributed by atoms with Gasteiger partial charge in [0.15, 0.2) is 11.6 Å². The van der Waals surface area contributed by atoms with E-state index in [1.165, 1.54) is 12.1 Å². The van der Waals surface area contributed by atoms with E-state index in [1.54, 1.807) is 6.07 Å². The van der Waals surface area contributed by atoms with Crippen molar-refractivity contribution in [2.75, 3.05) is 11.9 Å². The predicted octanol–water partition coefficient (Wildman–Crippen LogP) is 3.68. The number of hydrogen-bond donors (Lipinski definition) is 1. The lowest BCUT2D eigenvalue weighted by Gasteiger charge is -2.09. The van der Waals surface area contributed by atoms with Gasteiger partial charge in [-0.3, -0.25) is 0 Å². The number of benzene rings is 1. The Morgan fingerprint density at radius 1 is 1.29 bits per heavy atom. The van der Waals surface area contributed by atoms with Gasteiger partial charge in [0.1, 0.15) is 6.07 Å². The van der Waals surface area contributed by atoms with E-state index in [4.69, 9.17) is 5.26 Å². The fourth-order valence-electron chi connectivity index (χ4n) is 1.51. The minimum absolute atomic E-state index is 0.116. The number of nitrogens with one attached hydrogen (secondary N) is 1. The van der Waals surface area contributed by atoms with E-state index >= 15 is 0 Å². The maximum absolute atomic E-state index is 13.4. The Hall–Kier alpha value is -1.63. The van der Waals surface area contributed by atoms with Crippen LogP contribution in [0.4, 0.5) is 14.5 Å². The topological polar surface area (TPSA) is 35.8 Å². The summed E-state index contributed by atoms with van der Waals surface area (Å²) < 4.78 is 26.7. The Morgan fingerprint density at radius 3 is 2.59 bits per heavy atom. The third-order valence-corrected chi connectivity index (χ3v) is 2.48. The van der Waals surface area contributed by atoms with Crippen LogP contribution in [0.1, 0.15) is 32.3 Å². The van der Waals surface area contributed by atoms with Gasteiger partial charge >= 0.3 is 0 Å². The minimum atomic E-state index is -1.08. The first-order valence-electron chi connectivity index (χ1n) is 5.68. The quantitative estimate of drug-likeness (QED) is 0.794. The van der Waals surface area contributed by atoms with E-state index in [-0.39, 0.29) is 11.3 Å². The molecule has 4 heteroatoms. The van der Waals surface area contributed by atoms with Gasteiger partial charge in [0.25, 0.3) is 0 Å². The molecule has 92 valence electrons. The van der Waals surface area contributed by atoms with Crippen LogP contribution in [0.15, 0.2) is 12.1 Å². The number of anilines is 1. The van der Waals surface area contributed by atoms with E-state index < -0.39 is 11.6 Å². The summed E-state index contributed by atoms with van der Waals surface area (Å²) in [6.07, 6.45) is 1.94. The van der Waals surface area contributed by atoms with Crippen LogP contribution in [0.2, 0.25) is 0 Å². The van der Waals surface area contributed by atoms with Crippen LogP contribution < -0.4 is 5.32 Å². The molecule has 0 spiro atoms. The van der Waals surface area contributed by atoms with Gasteiger partial charge in [0.2, 0.25) is 0 Å². The van der Waals surface area contributed by atoms with Crippen molar-refractivity contribution in [1.82, 2.24) is 0 Å². The second-order valence-corrected chi connectivity index (χ2v) is 4.36. The zero-order chi connectivity index (χ0) is 12.8. The maximum Gasteiger partial charge on any atom is 0.183 e. The van der Waals surface area contributed by atoms with Crippen LogP contribution >= 0.6 is 0 Å². The van der Waals surface area contributed by atoms with Crippen LogP contribution in [0, 0.1) is 28.9 Å². The third kappa shape index (κ3) is 3.70. The molecule has 0 fully saturated rings. The standard InChI is InChI=1S/C13H16F2N2/c1-9(2)4-3-7-17-11-6-5-10(8-16)12(14)13(11)15/h5-6,9,17H,3-4,7H2,1-2H3. The molecule has 0 aliphatic heterocycles. The van der Waals surface area contributed by atoms with Gasteiger partial charge in [-0.25, -0.2) is 8.78 Å². The van der Waals surface area contributed by atoms with E-state index in [0.29, 0.717) is 12.5 Å². The Morgan fingerprint density at radius 2 is 2.00 bits per heavy atom. The summed E-state index contributed by atoms with van der Waals surface area (Å²) in [5.41, 5.74) is -0.152. The average Bonchev–Trinajstić information content (AvgIpc) is 2.29. The van der Waals surface area contributed by atoms with Crippen molar-refractivity contribution in [3.8, 4) is 6.07 Å². The van der Waals surface area contributed by atoms with Gasteiger partial charge in [0, 0.05) is 6.54 Å².